The molecule has 126 valence electrons. The van der Waals surface area contributed by atoms with E-state index < -0.39 is 0 Å². The van der Waals surface area contributed by atoms with Gasteiger partial charge in [0.25, 0.3) is 0 Å². The van der Waals surface area contributed by atoms with Crippen LogP contribution in [0.15, 0.2) is 34.4 Å². The van der Waals surface area contributed by atoms with E-state index in [9.17, 15) is 0 Å². The quantitative estimate of drug-likeness (QED) is 0.471. The maximum absolute atomic E-state index is 5.99. The maximum Gasteiger partial charge on any atom is 0.231 e. The minimum absolute atomic E-state index is 0.252. The lowest BCUT2D eigenvalue weighted by atomic mass is 10.3. The number of rotatable bonds is 4. The molecule has 0 saturated carbocycles. The molecule has 3 heterocycles. The number of nitrogen functional groups attached to an aromatic ring is 1. The van der Waals surface area contributed by atoms with Crippen LogP contribution < -0.4 is 15.2 Å². The standard InChI is InChI=1S/C17H13IN4O2S/c1-2-3-6-22-11-4-5-20-16(19)15(11)21-17(22)25-14-8-13-12(7-10(14)18)23-9-24-13/h1,4-5,7-8H,3,6,9H2,(H2,19,20). The Kier molecular flexibility index (Phi) is 4.35. The zero-order valence-corrected chi connectivity index (χ0v) is 16.0. The van der Waals surface area contributed by atoms with Gasteiger partial charge in [-0.15, -0.1) is 12.3 Å². The molecule has 3 aromatic rings. The monoisotopic (exact) mass is 464 g/mol. The van der Waals surface area contributed by atoms with Crippen LogP contribution >= 0.6 is 34.4 Å². The number of aryl methyl sites for hydroxylation is 1. The number of pyridine rings is 1. The van der Waals surface area contributed by atoms with Gasteiger partial charge in [-0.2, -0.15) is 0 Å². The van der Waals surface area contributed by atoms with Crippen molar-refractivity contribution in [2.24, 2.45) is 0 Å². The number of benzene rings is 1. The van der Waals surface area contributed by atoms with Crippen molar-refractivity contribution in [2.45, 2.75) is 23.0 Å². The smallest absolute Gasteiger partial charge is 0.231 e. The van der Waals surface area contributed by atoms with Crippen molar-refractivity contribution >= 4 is 51.2 Å². The van der Waals surface area contributed by atoms with E-state index in [2.05, 4.69) is 43.0 Å². The summed E-state index contributed by atoms with van der Waals surface area (Å²) in [5, 5.41) is 0.821. The summed E-state index contributed by atoms with van der Waals surface area (Å²) in [6, 6.07) is 5.85. The molecule has 2 aromatic heterocycles. The Morgan fingerprint density at radius 2 is 2.16 bits per heavy atom. The van der Waals surface area contributed by atoms with Crippen molar-refractivity contribution in [1.29, 1.82) is 0 Å². The van der Waals surface area contributed by atoms with Gasteiger partial charge in [-0.3, -0.25) is 0 Å². The fraction of sp³-hybridized carbons (Fsp3) is 0.176. The summed E-state index contributed by atoms with van der Waals surface area (Å²) in [6.07, 6.45) is 7.74. The molecule has 0 aliphatic carbocycles. The Morgan fingerprint density at radius 1 is 1.36 bits per heavy atom. The van der Waals surface area contributed by atoms with E-state index in [0.717, 1.165) is 30.6 Å². The van der Waals surface area contributed by atoms with E-state index in [-0.39, 0.29) is 6.79 Å². The minimum Gasteiger partial charge on any atom is -0.454 e. The molecule has 1 aromatic carbocycles. The molecule has 0 radical (unpaired) electrons. The molecule has 6 nitrogen and oxygen atoms in total. The van der Waals surface area contributed by atoms with E-state index in [1.807, 2.05) is 18.2 Å². The average molecular weight is 464 g/mol. The van der Waals surface area contributed by atoms with Crippen LogP contribution in [-0.4, -0.2) is 21.3 Å². The molecule has 0 unspecified atom stereocenters. The normalized spacial score (nSPS) is 12.5. The number of aromatic nitrogens is 3. The molecule has 0 spiro atoms. The van der Waals surface area contributed by atoms with Crippen molar-refractivity contribution in [3.63, 3.8) is 0 Å². The van der Waals surface area contributed by atoms with E-state index >= 15 is 0 Å². The second-order valence-electron chi connectivity index (χ2n) is 5.30. The zero-order chi connectivity index (χ0) is 17.4. The molecular weight excluding hydrogens is 451 g/mol. The van der Waals surface area contributed by atoms with E-state index in [4.69, 9.17) is 21.6 Å². The first kappa shape index (κ1) is 16.4. The number of hydrogen-bond donors (Lipinski definition) is 1. The topological polar surface area (TPSA) is 75.2 Å². The number of halogens is 1. The third-order valence-electron chi connectivity index (χ3n) is 3.77. The number of nitrogens with two attached hydrogens (primary N) is 1. The Labute approximate surface area is 162 Å². The van der Waals surface area contributed by atoms with Gasteiger partial charge in [0.2, 0.25) is 6.79 Å². The summed E-state index contributed by atoms with van der Waals surface area (Å²) >= 11 is 3.83. The van der Waals surface area contributed by atoms with E-state index in [1.165, 1.54) is 0 Å². The average Bonchev–Trinajstić information content (AvgIpc) is 3.18. The molecule has 8 heteroatoms. The summed E-state index contributed by atoms with van der Waals surface area (Å²) in [6.45, 7) is 0.919. The van der Waals surface area contributed by atoms with Crippen molar-refractivity contribution in [1.82, 2.24) is 14.5 Å². The third-order valence-corrected chi connectivity index (χ3v) is 6.08. The van der Waals surface area contributed by atoms with Gasteiger partial charge in [0, 0.05) is 27.6 Å². The molecular formula is C17H13IN4O2S. The molecule has 0 amide bonds. The largest absolute Gasteiger partial charge is 0.454 e. The van der Waals surface area contributed by atoms with Crippen LogP contribution in [-0.2, 0) is 6.54 Å². The predicted molar refractivity (Wildman–Crippen MR) is 105 cm³/mol. The summed E-state index contributed by atoms with van der Waals surface area (Å²) < 4.78 is 14.0. The second-order valence-corrected chi connectivity index (χ2v) is 7.47. The first-order valence-electron chi connectivity index (χ1n) is 7.48. The first-order chi connectivity index (χ1) is 12.2. The highest BCUT2D eigenvalue weighted by atomic mass is 127. The van der Waals surface area contributed by atoms with Crippen LogP contribution in [0, 0.1) is 15.9 Å². The number of ether oxygens (including phenoxy) is 2. The van der Waals surface area contributed by atoms with E-state index in [0.29, 0.717) is 24.3 Å². The van der Waals surface area contributed by atoms with Gasteiger partial charge in [-0.05, 0) is 40.8 Å². The van der Waals surface area contributed by atoms with Crippen molar-refractivity contribution in [3.8, 4) is 23.8 Å². The van der Waals surface area contributed by atoms with Crippen LogP contribution in [0.5, 0.6) is 11.5 Å². The molecule has 1 aliphatic heterocycles. The summed E-state index contributed by atoms with van der Waals surface area (Å²) in [7, 11) is 0. The van der Waals surface area contributed by atoms with Gasteiger partial charge >= 0.3 is 0 Å². The zero-order valence-electron chi connectivity index (χ0n) is 13.0. The number of fused-ring (bicyclic) bond motifs is 2. The van der Waals surface area contributed by atoms with Crippen LogP contribution in [0.3, 0.4) is 0 Å². The van der Waals surface area contributed by atoms with Gasteiger partial charge in [0.1, 0.15) is 5.52 Å². The number of terminal acetylenes is 1. The molecule has 25 heavy (non-hydrogen) atoms. The lowest BCUT2D eigenvalue weighted by Crippen LogP contribution is -1.99. The molecule has 0 fully saturated rings. The van der Waals surface area contributed by atoms with Crippen LogP contribution in [0.2, 0.25) is 0 Å². The van der Waals surface area contributed by atoms with Crippen molar-refractivity contribution in [2.75, 3.05) is 12.5 Å². The fourth-order valence-electron chi connectivity index (χ4n) is 2.60. The number of hydrogen-bond acceptors (Lipinski definition) is 6. The van der Waals surface area contributed by atoms with Crippen molar-refractivity contribution < 1.29 is 9.47 Å². The molecule has 0 saturated heterocycles. The summed E-state index contributed by atoms with van der Waals surface area (Å²) in [5.74, 6) is 4.61. The Hall–Kier alpha value is -2.12. The third kappa shape index (κ3) is 2.98. The lowest BCUT2D eigenvalue weighted by molar-refractivity contribution is 0.174. The Bertz CT molecular complexity index is 1010. The fourth-order valence-corrected chi connectivity index (χ4v) is 4.32. The number of imidazole rings is 1. The summed E-state index contributed by atoms with van der Waals surface area (Å²) in [4.78, 5) is 9.85. The van der Waals surface area contributed by atoms with Gasteiger partial charge in [0.15, 0.2) is 22.5 Å². The lowest BCUT2D eigenvalue weighted by Gasteiger charge is -2.09. The van der Waals surface area contributed by atoms with Crippen LogP contribution in [0.1, 0.15) is 6.42 Å². The molecule has 0 atom stereocenters. The van der Waals surface area contributed by atoms with Crippen LogP contribution in [0.4, 0.5) is 5.82 Å². The summed E-state index contributed by atoms with van der Waals surface area (Å²) in [5.41, 5.74) is 7.61. The highest BCUT2D eigenvalue weighted by Gasteiger charge is 2.20. The van der Waals surface area contributed by atoms with Gasteiger partial charge in [0.05, 0.1) is 5.52 Å². The van der Waals surface area contributed by atoms with E-state index in [1.54, 1.807) is 18.0 Å². The number of anilines is 1. The van der Waals surface area contributed by atoms with Gasteiger partial charge in [-0.25, -0.2) is 9.97 Å². The SMILES string of the molecule is C#CCCn1c(Sc2cc3c(cc2I)OCO3)nc2c(N)nccc21. The molecule has 1 aliphatic rings. The molecule has 2 N–H and O–H groups in total. The highest BCUT2D eigenvalue weighted by molar-refractivity contribution is 14.1. The molecule has 0 bridgehead atoms. The number of nitrogens with zero attached hydrogens (tertiary/aromatic N) is 3. The first-order valence-corrected chi connectivity index (χ1v) is 9.38. The Balaban J connectivity index is 1.79. The second kappa shape index (κ2) is 6.65. The molecule has 4 rings (SSSR count). The minimum atomic E-state index is 0.252. The van der Waals surface area contributed by atoms with Gasteiger partial charge < -0.3 is 19.8 Å². The predicted octanol–water partition coefficient (Wildman–Crippen LogP) is 3.52. The van der Waals surface area contributed by atoms with Crippen molar-refractivity contribution in [3.05, 3.63) is 28.0 Å². The highest BCUT2D eigenvalue weighted by Crippen LogP contribution is 2.41. The van der Waals surface area contributed by atoms with Gasteiger partial charge in [-0.1, -0.05) is 11.8 Å². The maximum atomic E-state index is 5.99. The van der Waals surface area contributed by atoms with Crippen LogP contribution in [0.25, 0.3) is 11.0 Å². The Morgan fingerprint density at radius 3 is 2.96 bits per heavy atom.